The Balaban J connectivity index is 2.19. The summed E-state index contributed by atoms with van der Waals surface area (Å²) in [5.74, 6) is -1.46. The molecule has 0 spiro atoms. The minimum atomic E-state index is -0.835. The van der Waals surface area contributed by atoms with Crippen molar-refractivity contribution in [3.8, 4) is 0 Å². The molecular weight excluding hydrogens is 378 g/mol. The van der Waals surface area contributed by atoms with Crippen LogP contribution in [0.3, 0.4) is 0 Å². The van der Waals surface area contributed by atoms with Gasteiger partial charge in [0.05, 0.1) is 11.5 Å². The maximum atomic E-state index is 12.4. The number of aliphatic carboxylic acids is 1. The van der Waals surface area contributed by atoms with E-state index in [1.165, 1.54) is 0 Å². The molecular formula is C13H13Br2NO3. The first-order valence-electron chi connectivity index (χ1n) is 5.87. The SMILES string of the molecule is CC1CN(C(=O)c2ccc(Br)cc2Br)CC1C(=O)O. The Bertz CT molecular complexity index is 533. The summed E-state index contributed by atoms with van der Waals surface area (Å²) in [6.45, 7) is 2.62. The van der Waals surface area contributed by atoms with E-state index in [1.54, 1.807) is 23.1 Å². The molecule has 1 saturated heterocycles. The molecule has 2 atom stereocenters. The Labute approximate surface area is 128 Å². The third-order valence-electron chi connectivity index (χ3n) is 3.38. The standard InChI is InChI=1S/C13H13Br2NO3/c1-7-5-16(6-10(7)13(18)19)12(17)9-3-2-8(14)4-11(9)15/h2-4,7,10H,5-6H2,1H3,(H,18,19). The average molecular weight is 391 g/mol. The number of likely N-dealkylation sites (tertiary alicyclic amines) is 1. The molecule has 0 saturated carbocycles. The molecule has 1 aliphatic rings. The maximum absolute atomic E-state index is 12.4. The van der Waals surface area contributed by atoms with Crippen LogP contribution in [-0.2, 0) is 4.79 Å². The molecule has 2 unspecified atom stereocenters. The second-order valence-electron chi connectivity index (χ2n) is 4.76. The van der Waals surface area contributed by atoms with E-state index in [1.807, 2.05) is 6.92 Å². The lowest BCUT2D eigenvalue weighted by atomic mass is 9.99. The van der Waals surface area contributed by atoms with E-state index < -0.39 is 11.9 Å². The number of nitrogens with zero attached hydrogens (tertiary/aromatic N) is 1. The van der Waals surface area contributed by atoms with E-state index in [0.717, 1.165) is 4.47 Å². The van der Waals surface area contributed by atoms with Crippen molar-refractivity contribution in [1.29, 1.82) is 0 Å². The van der Waals surface area contributed by atoms with Crippen molar-refractivity contribution in [2.45, 2.75) is 6.92 Å². The lowest BCUT2D eigenvalue weighted by Gasteiger charge is -2.17. The fourth-order valence-corrected chi connectivity index (χ4v) is 3.50. The highest BCUT2D eigenvalue weighted by Gasteiger charge is 2.37. The van der Waals surface area contributed by atoms with Crippen molar-refractivity contribution >= 4 is 43.7 Å². The molecule has 1 aromatic carbocycles. The van der Waals surface area contributed by atoms with E-state index in [2.05, 4.69) is 31.9 Å². The molecule has 1 N–H and O–H groups in total. The van der Waals surface area contributed by atoms with Gasteiger partial charge < -0.3 is 10.0 Å². The summed E-state index contributed by atoms with van der Waals surface area (Å²) < 4.78 is 1.59. The quantitative estimate of drug-likeness (QED) is 0.844. The third kappa shape index (κ3) is 3.00. The molecule has 102 valence electrons. The van der Waals surface area contributed by atoms with Crippen LogP contribution in [0.4, 0.5) is 0 Å². The molecule has 1 aliphatic heterocycles. The van der Waals surface area contributed by atoms with Gasteiger partial charge in [0.25, 0.3) is 5.91 Å². The number of hydrogen-bond acceptors (Lipinski definition) is 2. The molecule has 1 aromatic rings. The van der Waals surface area contributed by atoms with Gasteiger partial charge in [-0.3, -0.25) is 9.59 Å². The first kappa shape index (κ1) is 14.5. The van der Waals surface area contributed by atoms with Crippen LogP contribution in [-0.4, -0.2) is 35.0 Å². The number of amides is 1. The van der Waals surface area contributed by atoms with Crippen LogP contribution in [0.1, 0.15) is 17.3 Å². The molecule has 1 fully saturated rings. The number of hydrogen-bond donors (Lipinski definition) is 1. The van der Waals surface area contributed by atoms with Gasteiger partial charge in [-0.2, -0.15) is 0 Å². The van der Waals surface area contributed by atoms with Crippen molar-refractivity contribution in [2.75, 3.05) is 13.1 Å². The molecule has 4 nitrogen and oxygen atoms in total. The molecule has 0 aromatic heterocycles. The van der Waals surface area contributed by atoms with Crippen molar-refractivity contribution in [3.05, 3.63) is 32.7 Å². The smallest absolute Gasteiger partial charge is 0.308 e. The lowest BCUT2D eigenvalue weighted by molar-refractivity contribution is -0.142. The summed E-state index contributed by atoms with van der Waals surface area (Å²) in [5, 5.41) is 9.09. The van der Waals surface area contributed by atoms with Gasteiger partial charge >= 0.3 is 5.97 Å². The minimum absolute atomic E-state index is 0.0179. The van der Waals surface area contributed by atoms with Gasteiger partial charge in [-0.15, -0.1) is 0 Å². The van der Waals surface area contributed by atoms with Gasteiger partial charge in [0.1, 0.15) is 0 Å². The number of carbonyl (C=O) groups is 2. The van der Waals surface area contributed by atoms with Crippen molar-refractivity contribution < 1.29 is 14.7 Å². The van der Waals surface area contributed by atoms with Crippen LogP contribution in [0.5, 0.6) is 0 Å². The molecule has 0 radical (unpaired) electrons. The van der Waals surface area contributed by atoms with Gasteiger partial charge in [0.15, 0.2) is 0 Å². The second-order valence-corrected chi connectivity index (χ2v) is 6.53. The number of benzene rings is 1. The highest BCUT2D eigenvalue weighted by atomic mass is 79.9. The third-order valence-corrected chi connectivity index (χ3v) is 4.53. The number of halogens is 2. The van der Waals surface area contributed by atoms with Crippen LogP contribution >= 0.6 is 31.9 Å². The Hall–Kier alpha value is -0.880. The van der Waals surface area contributed by atoms with Crippen molar-refractivity contribution in [3.63, 3.8) is 0 Å². The molecule has 1 amide bonds. The summed E-state index contributed by atoms with van der Waals surface area (Å²) in [7, 11) is 0. The van der Waals surface area contributed by atoms with E-state index in [0.29, 0.717) is 16.6 Å². The summed E-state index contributed by atoms with van der Waals surface area (Å²) in [6.07, 6.45) is 0. The van der Waals surface area contributed by atoms with Gasteiger partial charge in [0, 0.05) is 22.0 Å². The maximum Gasteiger partial charge on any atom is 0.308 e. The highest BCUT2D eigenvalue weighted by molar-refractivity contribution is 9.11. The van der Waals surface area contributed by atoms with E-state index in [4.69, 9.17) is 5.11 Å². The van der Waals surface area contributed by atoms with Gasteiger partial charge in [0.2, 0.25) is 0 Å². The normalized spacial score (nSPS) is 22.6. The predicted molar refractivity (Wildman–Crippen MR) is 78.0 cm³/mol. The Morgan fingerprint density at radius 2 is 2.00 bits per heavy atom. The molecule has 0 aliphatic carbocycles. The molecule has 19 heavy (non-hydrogen) atoms. The van der Waals surface area contributed by atoms with Crippen LogP contribution in [0.15, 0.2) is 27.1 Å². The monoisotopic (exact) mass is 389 g/mol. The summed E-state index contributed by atoms with van der Waals surface area (Å²) >= 11 is 6.69. The van der Waals surface area contributed by atoms with Crippen LogP contribution in [0, 0.1) is 11.8 Å². The summed E-state index contributed by atoms with van der Waals surface area (Å²) in [5.41, 5.74) is 0.557. The fourth-order valence-electron chi connectivity index (χ4n) is 2.29. The molecule has 0 bridgehead atoms. The van der Waals surface area contributed by atoms with E-state index >= 15 is 0 Å². The summed E-state index contributed by atoms with van der Waals surface area (Å²) in [4.78, 5) is 25.1. The zero-order chi connectivity index (χ0) is 14.2. The largest absolute Gasteiger partial charge is 0.481 e. The minimum Gasteiger partial charge on any atom is -0.481 e. The summed E-state index contributed by atoms with van der Waals surface area (Å²) in [6, 6.07) is 5.34. The fraction of sp³-hybridized carbons (Fsp3) is 0.385. The first-order valence-corrected chi connectivity index (χ1v) is 7.46. The molecule has 6 heteroatoms. The lowest BCUT2D eigenvalue weighted by Crippen LogP contribution is -2.30. The van der Waals surface area contributed by atoms with Crippen LogP contribution in [0.2, 0.25) is 0 Å². The van der Waals surface area contributed by atoms with Gasteiger partial charge in [-0.1, -0.05) is 22.9 Å². The van der Waals surface area contributed by atoms with E-state index in [-0.39, 0.29) is 18.4 Å². The first-order chi connectivity index (χ1) is 8.90. The van der Waals surface area contributed by atoms with E-state index in [9.17, 15) is 9.59 Å². The zero-order valence-corrected chi connectivity index (χ0v) is 13.4. The highest BCUT2D eigenvalue weighted by Crippen LogP contribution is 2.28. The Morgan fingerprint density at radius 3 is 2.53 bits per heavy atom. The number of carboxylic acid groups (broad SMARTS) is 1. The zero-order valence-electron chi connectivity index (χ0n) is 10.3. The van der Waals surface area contributed by atoms with Gasteiger partial charge in [-0.25, -0.2) is 0 Å². The number of rotatable bonds is 2. The van der Waals surface area contributed by atoms with Gasteiger partial charge in [-0.05, 0) is 40.0 Å². The molecule has 1 heterocycles. The number of carbonyl (C=O) groups excluding carboxylic acids is 1. The Morgan fingerprint density at radius 1 is 1.32 bits per heavy atom. The van der Waals surface area contributed by atoms with Crippen molar-refractivity contribution in [2.24, 2.45) is 11.8 Å². The average Bonchev–Trinajstić information content (AvgIpc) is 2.70. The topological polar surface area (TPSA) is 57.6 Å². The molecule has 2 rings (SSSR count). The Kier molecular flexibility index (Phi) is 4.30. The predicted octanol–water partition coefficient (Wildman–Crippen LogP) is 3.00. The van der Waals surface area contributed by atoms with Crippen molar-refractivity contribution in [1.82, 2.24) is 4.90 Å². The second kappa shape index (κ2) is 5.63. The van der Waals surface area contributed by atoms with Crippen LogP contribution < -0.4 is 0 Å². The number of carboxylic acids is 1. The van der Waals surface area contributed by atoms with Crippen LogP contribution in [0.25, 0.3) is 0 Å².